The van der Waals surface area contributed by atoms with Crippen LogP contribution in [0.3, 0.4) is 0 Å². The Morgan fingerprint density at radius 1 is 1.06 bits per heavy atom. The van der Waals surface area contributed by atoms with Crippen molar-refractivity contribution in [2.75, 3.05) is 5.32 Å². The Hall–Kier alpha value is -1.39. The Bertz CT molecular complexity index is 519. The Morgan fingerprint density at radius 2 is 1.88 bits per heavy atom. The van der Waals surface area contributed by atoms with E-state index < -0.39 is 5.95 Å². The third-order valence-electron chi connectivity index (χ3n) is 1.83. The Labute approximate surface area is 101 Å². The highest BCUT2D eigenvalue weighted by molar-refractivity contribution is 6.42. The molecule has 16 heavy (non-hydrogen) atoms. The highest BCUT2D eigenvalue weighted by Crippen LogP contribution is 2.26. The van der Waals surface area contributed by atoms with Gasteiger partial charge in [-0.25, -0.2) is 9.97 Å². The van der Waals surface area contributed by atoms with Crippen LogP contribution in [0.5, 0.6) is 0 Å². The summed E-state index contributed by atoms with van der Waals surface area (Å²) in [5, 5.41) is 3.76. The van der Waals surface area contributed by atoms with Crippen LogP contribution in [0.25, 0.3) is 0 Å². The van der Waals surface area contributed by atoms with Crippen molar-refractivity contribution >= 4 is 34.7 Å². The van der Waals surface area contributed by atoms with E-state index in [1.54, 1.807) is 18.2 Å². The van der Waals surface area contributed by atoms with E-state index in [-0.39, 0.29) is 0 Å². The van der Waals surface area contributed by atoms with Crippen LogP contribution >= 0.6 is 23.2 Å². The largest absolute Gasteiger partial charge is 0.340 e. The fraction of sp³-hybridized carbons (Fsp3) is 0. The van der Waals surface area contributed by atoms with E-state index in [0.717, 1.165) is 6.33 Å². The second kappa shape index (κ2) is 4.63. The molecule has 3 nitrogen and oxygen atoms in total. The molecule has 0 unspecified atom stereocenters. The van der Waals surface area contributed by atoms with Gasteiger partial charge in [0.1, 0.15) is 12.1 Å². The van der Waals surface area contributed by atoms with Crippen LogP contribution < -0.4 is 5.32 Å². The quantitative estimate of drug-likeness (QED) is 0.835. The van der Waals surface area contributed by atoms with E-state index in [9.17, 15) is 4.39 Å². The maximum atomic E-state index is 12.8. The zero-order valence-corrected chi connectivity index (χ0v) is 9.43. The minimum atomic E-state index is -0.599. The van der Waals surface area contributed by atoms with E-state index in [2.05, 4.69) is 15.3 Å². The van der Waals surface area contributed by atoms with Gasteiger partial charge in [0.25, 0.3) is 0 Å². The lowest BCUT2D eigenvalue weighted by molar-refractivity contribution is 0.580. The van der Waals surface area contributed by atoms with Crippen molar-refractivity contribution in [2.45, 2.75) is 0 Å². The molecule has 2 rings (SSSR count). The normalized spacial score (nSPS) is 10.2. The van der Waals surface area contributed by atoms with E-state index in [0.29, 0.717) is 21.6 Å². The van der Waals surface area contributed by atoms with Crippen LogP contribution in [0.1, 0.15) is 0 Å². The first-order valence-corrected chi connectivity index (χ1v) is 5.10. The first-order chi connectivity index (χ1) is 7.65. The molecule has 0 aliphatic carbocycles. The molecule has 6 heteroatoms. The van der Waals surface area contributed by atoms with Gasteiger partial charge in [-0.2, -0.15) is 4.39 Å². The van der Waals surface area contributed by atoms with Crippen LogP contribution in [0.2, 0.25) is 10.0 Å². The number of hydrogen-bond donors (Lipinski definition) is 1. The van der Waals surface area contributed by atoms with Crippen LogP contribution in [0.4, 0.5) is 15.9 Å². The van der Waals surface area contributed by atoms with Gasteiger partial charge >= 0.3 is 0 Å². The summed E-state index contributed by atoms with van der Waals surface area (Å²) in [6.45, 7) is 0. The van der Waals surface area contributed by atoms with Gasteiger partial charge in [0.2, 0.25) is 5.95 Å². The number of anilines is 2. The average molecular weight is 258 g/mol. The molecule has 1 aromatic carbocycles. The molecule has 1 heterocycles. The van der Waals surface area contributed by atoms with Gasteiger partial charge in [0, 0.05) is 11.8 Å². The molecule has 1 aromatic heterocycles. The average Bonchev–Trinajstić information content (AvgIpc) is 2.24. The topological polar surface area (TPSA) is 37.8 Å². The predicted molar refractivity (Wildman–Crippen MR) is 61.7 cm³/mol. The Balaban J connectivity index is 2.24. The Kier molecular flexibility index (Phi) is 3.22. The lowest BCUT2D eigenvalue weighted by atomic mass is 10.3. The molecule has 0 bridgehead atoms. The van der Waals surface area contributed by atoms with Crippen molar-refractivity contribution in [3.8, 4) is 0 Å². The van der Waals surface area contributed by atoms with Crippen molar-refractivity contribution in [1.82, 2.24) is 9.97 Å². The summed E-state index contributed by atoms with van der Waals surface area (Å²) in [6.07, 6.45) is 1.13. The minimum absolute atomic E-state index is 0.353. The van der Waals surface area contributed by atoms with Crippen LogP contribution in [0.15, 0.2) is 30.6 Å². The zero-order chi connectivity index (χ0) is 11.5. The number of nitrogens with one attached hydrogen (secondary N) is 1. The molecule has 0 aliphatic rings. The van der Waals surface area contributed by atoms with E-state index in [4.69, 9.17) is 23.2 Å². The van der Waals surface area contributed by atoms with Gasteiger partial charge in [0.15, 0.2) is 0 Å². The molecule has 0 aliphatic heterocycles. The van der Waals surface area contributed by atoms with Gasteiger partial charge < -0.3 is 5.32 Å². The van der Waals surface area contributed by atoms with Gasteiger partial charge in [-0.15, -0.1) is 0 Å². The summed E-state index contributed by atoms with van der Waals surface area (Å²) in [7, 11) is 0. The summed E-state index contributed by atoms with van der Waals surface area (Å²) in [5.74, 6) is -0.247. The lowest BCUT2D eigenvalue weighted by Crippen LogP contribution is -1.95. The van der Waals surface area contributed by atoms with Crippen LogP contribution in [-0.2, 0) is 0 Å². The van der Waals surface area contributed by atoms with E-state index in [1.807, 2.05) is 0 Å². The summed E-state index contributed by atoms with van der Waals surface area (Å²) >= 11 is 11.6. The third-order valence-corrected chi connectivity index (χ3v) is 2.56. The number of benzene rings is 1. The van der Waals surface area contributed by atoms with Gasteiger partial charge in [-0.3, -0.25) is 0 Å². The molecule has 0 atom stereocenters. The minimum Gasteiger partial charge on any atom is -0.340 e. The lowest BCUT2D eigenvalue weighted by Gasteiger charge is -2.05. The van der Waals surface area contributed by atoms with Gasteiger partial charge in [0.05, 0.1) is 10.0 Å². The standard InChI is InChI=1S/C10H6Cl2FN3/c11-7-2-1-6(3-8(7)12)16-10-4-9(13)14-5-15-10/h1-5H,(H,14,15,16). The Morgan fingerprint density at radius 3 is 2.56 bits per heavy atom. The summed E-state index contributed by atoms with van der Waals surface area (Å²) < 4.78 is 12.8. The molecule has 82 valence electrons. The molecule has 0 saturated heterocycles. The molecular formula is C10H6Cl2FN3. The first-order valence-electron chi connectivity index (χ1n) is 4.35. The van der Waals surface area contributed by atoms with Crippen molar-refractivity contribution < 1.29 is 4.39 Å². The molecule has 0 spiro atoms. The summed E-state index contributed by atoms with van der Waals surface area (Å²) in [6, 6.07) is 6.17. The van der Waals surface area contributed by atoms with E-state index in [1.165, 1.54) is 6.07 Å². The highest BCUT2D eigenvalue weighted by Gasteiger charge is 2.01. The van der Waals surface area contributed by atoms with E-state index >= 15 is 0 Å². The molecule has 0 saturated carbocycles. The smallest absolute Gasteiger partial charge is 0.218 e. The fourth-order valence-electron chi connectivity index (χ4n) is 1.12. The maximum absolute atomic E-state index is 12.8. The number of halogens is 3. The number of nitrogens with zero attached hydrogens (tertiary/aromatic N) is 2. The molecule has 0 fully saturated rings. The maximum Gasteiger partial charge on any atom is 0.218 e. The number of hydrogen-bond acceptors (Lipinski definition) is 3. The summed E-state index contributed by atoms with van der Waals surface area (Å²) in [5.41, 5.74) is 0.674. The molecule has 0 amide bonds. The SMILES string of the molecule is Fc1cc(Nc2ccc(Cl)c(Cl)c2)ncn1. The van der Waals surface area contributed by atoms with Crippen molar-refractivity contribution in [3.05, 3.63) is 46.6 Å². The second-order valence-corrected chi connectivity index (χ2v) is 3.79. The number of aromatic nitrogens is 2. The van der Waals surface area contributed by atoms with Gasteiger partial charge in [-0.1, -0.05) is 23.2 Å². The predicted octanol–water partition coefficient (Wildman–Crippen LogP) is 3.67. The molecule has 1 N–H and O–H groups in total. The third kappa shape index (κ3) is 2.59. The first kappa shape index (κ1) is 11.1. The van der Waals surface area contributed by atoms with Crippen LogP contribution in [-0.4, -0.2) is 9.97 Å². The monoisotopic (exact) mass is 257 g/mol. The molecular weight excluding hydrogens is 252 g/mol. The van der Waals surface area contributed by atoms with Gasteiger partial charge in [-0.05, 0) is 18.2 Å². The second-order valence-electron chi connectivity index (χ2n) is 2.98. The number of rotatable bonds is 2. The van der Waals surface area contributed by atoms with Crippen LogP contribution in [0, 0.1) is 5.95 Å². The highest BCUT2D eigenvalue weighted by atomic mass is 35.5. The fourth-order valence-corrected chi connectivity index (χ4v) is 1.42. The molecule has 2 aromatic rings. The van der Waals surface area contributed by atoms with Crippen molar-refractivity contribution in [3.63, 3.8) is 0 Å². The van der Waals surface area contributed by atoms with Crippen molar-refractivity contribution in [1.29, 1.82) is 0 Å². The zero-order valence-electron chi connectivity index (χ0n) is 7.92. The summed E-state index contributed by atoms with van der Waals surface area (Å²) in [4.78, 5) is 7.20. The van der Waals surface area contributed by atoms with Crippen molar-refractivity contribution in [2.24, 2.45) is 0 Å². The molecule has 0 radical (unpaired) electrons.